The third-order valence-electron chi connectivity index (χ3n) is 2.23. The van der Waals surface area contributed by atoms with Crippen LogP contribution in [-0.2, 0) is 4.79 Å². The van der Waals surface area contributed by atoms with Crippen LogP contribution in [0.25, 0.3) is 0 Å². The van der Waals surface area contributed by atoms with Gasteiger partial charge in [0, 0.05) is 5.71 Å². The lowest BCUT2D eigenvalue weighted by atomic mass is 10.2. The van der Waals surface area contributed by atoms with E-state index in [0.29, 0.717) is 11.4 Å². The lowest BCUT2D eigenvalue weighted by Gasteiger charge is -2.13. The summed E-state index contributed by atoms with van der Waals surface area (Å²) in [6, 6.07) is 4.97. The first-order valence-corrected chi connectivity index (χ1v) is 5.08. The highest BCUT2D eigenvalue weighted by atomic mass is 19.4. The van der Waals surface area contributed by atoms with Crippen LogP contribution in [-0.4, -0.2) is 18.0 Å². The van der Waals surface area contributed by atoms with E-state index in [1.807, 2.05) is 0 Å². The van der Waals surface area contributed by atoms with Gasteiger partial charge in [0.25, 0.3) is 5.91 Å². The van der Waals surface area contributed by atoms with Gasteiger partial charge in [-0.15, -0.1) is 13.2 Å². The first-order valence-electron chi connectivity index (χ1n) is 5.08. The van der Waals surface area contributed by atoms with Crippen LogP contribution in [0.4, 0.5) is 18.9 Å². The monoisotopic (exact) mass is 258 g/mol. The fourth-order valence-electron chi connectivity index (χ4n) is 1.55. The van der Waals surface area contributed by atoms with E-state index in [4.69, 9.17) is 0 Å². The van der Waals surface area contributed by atoms with Crippen molar-refractivity contribution in [3.05, 3.63) is 24.3 Å². The molecule has 0 fully saturated rings. The van der Waals surface area contributed by atoms with Crippen molar-refractivity contribution < 1.29 is 22.7 Å². The molecule has 0 bridgehead atoms. The van der Waals surface area contributed by atoms with Gasteiger partial charge in [-0.05, 0) is 31.2 Å². The van der Waals surface area contributed by atoms with Crippen molar-refractivity contribution in [3.63, 3.8) is 0 Å². The Labute approximate surface area is 101 Å². The number of ether oxygens (including phenoxy) is 1. The minimum Gasteiger partial charge on any atom is -0.406 e. The van der Waals surface area contributed by atoms with E-state index in [2.05, 4.69) is 9.84 Å². The molecule has 0 atom stereocenters. The highest BCUT2D eigenvalue weighted by Gasteiger charge is 2.31. The molecule has 1 aliphatic rings. The van der Waals surface area contributed by atoms with Crippen molar-refractivity contribution in [1.82, 2.24) is 0 Å². The van der Waals surface area contributed by atoms with E-state index in [0.717, 1.165) is 17.1 Å². The zero-order valence-electron chi connectivity index (χ0n) is 9.36. The van der Waals surface area contributed by atoms with Crippen molar-refractivity contribution in [1.29, 1.82) is 0 Å². The summed E-state index contributed by atoms with van der Waals surface area (Å²) in [5.74, 6) is -0.546. The van der Waals surface area contributed by atoms with Crippen LogP contribution in [0.2, 0.25) is 0 Å². The van der Waals surface area contributed by atoms with E-state index in [1.165, 1.54) is 12.1 Å². The van der Waals surface area contributed by atoms with Gasteiger partial charge in [-0.3, -0.25) is 4.79 Å². The largest absolute Gasteiger partial charge is 0.573 e. The summed E-state index contributed by atoms with van der Waals surface area (Å²) in [6.07, 6.45) is -4.50. The van der Waals surface area contributed by atoms with Gasteiger partial charge in [-0.1, -0.05) is 0 Å². The molecule has 96 valence electrons. The van der Waals surface area contributed by atoms with Crippen LogP contribution >= 0.6 is 0 Å². The zero-order valence-corrected chi connectivity index (χ0v) is 9.36. The lowest BCUT2D eigenvalue weighted by Crippen LogP contribution is -2.20. The molecular formula is C11H9F3N2O2. The average Bonchev–Trinajstić information content (AvgIpc) is 2.57. The topological polar surface area (TPSA) is 41.9 Å². The first-order chi connectivity index (χ1) is 8.35. The fourth-order valence-corrected chi connectivity index (χ4v) is 1.55. The number of carbonyl (C=O) groups excluding carboxylic acids is 1. The van der Waals surface area contributed by atoms with Gasteiger partial charge in [0.2, 0.25) is 0 Å². The van der Waals surface area contributed by atoms with Gasteiger partial charge in [-0.25, -0.2) is 5.01 Å². The van der Waals surface area contributed by atoms with Crippen LogP contribution in [0.5, 0.6) is 5.75 Å². The maximum absolute atomic E-state index is 11.9. The van der Waals surface area contributed by atoms with E-state index < -0.39 is 6.36 Å². The van der Waals surface area contributed by atoms with Crippen LogP contribution < -0.4 is 9.75 Å². The predicted octanol–water partition coefficient (Wildman–Crippen LogP) is 2.70. The number of anilines is 1. The summed E-state index contributed by atoms with van der Waals surface area (Å²) in [5.41, 5.74) is 1.07. The maximum atomic E-state index is 11.9. The van der Waals surface area contributed by atoms with Gasteiger partial charge in [0.1, 0.15) is 5.75 Å². The maximum Gasteiger partial charge on any atom is 0.573 e. The SMILES string of the molecule is CC1=NN(c2ccc(OC(F)(F)F)cc2)C(=O)C1. The van der Waals surface area contributed by atoms with Crippen molar-refractivity contribution in [2.45, 2.75) is 19.7 Å². The number of halogens is 3. The minimum atomic E-state index is -4.72. The van der Waals surface area contributed by atoms with Crippen molar-refractivity contribution in [3.8, 4) is 5.75 Å². The molecular weight excluding hydrogens is 249 g/mol. The molecule has 18 heavy (non-hydrogen) atoms. The molecule has 1 heterocycles. The number of alkyl halides is 3. The van der Waals surface area contributed by atoms with E-state index in [1.54, 1.807) is 6.92 Å². The van der Waals surface area contributed by atoms with Crippen molar-refractivity contribution in [2.24, 2.45) is 5.10 Å². The molecule has 1 aromatic carbocycles. The highest BCUT2D eigenvalue weighted by Crippen LogP contribution is 2.26. The third-order valence-corrected chi connectivity index (χ3v) is 2.23. The third kappa shape index (κ3) is 2.79. The van der Waals surface area contributed by atoms with Gasteiger partial charge in [-0.2, -0.15) is 5.10 Å². The molecule has 2 rings (SSSR count). The Morgan fingerprint density at radius 2 is 1.89 bits per heavy atom. The minimum absolute atomic E-state index is 0.211. The molecule has 0 aliphatic carbocycles. The number of amides is 1. The second-order valence-electron chi connectivity index (χ2n) is 3.76. The van der Waals surface area contributed by atoms with Crippen molar-refractivity contribution in [2.75, 3.05) is 5.01 Å². The normalized spacial score (nSPS) is 15.9. The van der Waals surface area contributed by atoms with Gasteiger partial charge in [0.15, 0.2) is 0 Å². The number of hydrogen-bond acceptors (Lipinski definition) is 3. The first kappa shape index (κ1) is 12.4. The standard InChI is InChI=1S/C11H9F3N2O2/c1-7-6-10(17)16(15-7)8-2-4-9(5-3-8)18-11(12,13)14/h2-5H,6H2,1H3. The Bertz CT molecular complexity index is 494. The Morgan fingerprint density at radius 1 is 1.28 bits per heavy atom. The Kier molecular flexibility index (Phi) is 2.98. The molecule has 0 saturated carbocycles. The summed E-state index contributed by atoms with van der Waals surface area (Å²) in [7, 11) is 0. The molecule has 0 N–H and O–H groups in total. The fraction of sp³-hybridized carbons (Fsp3) is 0.273. The molecule has 0 saturated heterocycles. The van der Waals surface area contributed by atoms with E-state index in [-0.39, 0.29) is 18.1 Å². The Morgan fingerprint density at radius 3 is 2.33 bits per heavy atom. The zero-order chi connectivity index (χ0) is 13.3. The smallest absolute Gasteiger partial charge is 0.406 e. The molecule has 1 amide bonds. The number of rotatable bonds is 2. The van der Waals surface area contributed by atoms with Crippen LogP contribution in [0, 0.1) is 0 Å². The molecule has 1 aliphatic heterocycles. The number of nitrogens with zero attached hydrogens (tertiary/aromatic N) is 2. The van der Waals surface area contributed by atoms with Crippen LogP contribution in [0.1, 0.15) is 13.3 Å². The summed E-state index contributed by atoms with van der Waals surface area (Å²) >= 11 is 0. The van der Waals surface area contributed by atoms with E-state index >= 15 is 0 Å². The summed E-state index contributed by atoms with van der Waals surface area (Å²) in [5, 5.41) is 5.14. The Hall–Kier alpha value is -2.05. The molecule has 0 spiro atoms. The summed E-state index contributed by atoms with van der Waals surface area (Å²) in [4.78, 5) is 11.5. The highest BCUT2D eigenvalue weighted by molar-refractivity contribution is 6.12. The van der Waals surface area contributed by atoms with Crippen LogP contribution in [0.15, 0.2) is 29.4 Å². The number of hydrogen-bond donors (Lipinski definition) is 0. The van der Waals surface area contributed by atoms with Gasteiger partial charge in [0.05, 0.1) is 12.1 Å². The number of benzene rings is 1. The molecule has 0 radical (unpaired) electrons. The quantitative estimate of drug-likeness (QED) is 0.818. The number of hydrazone groups is 1. The average molecular weight is 258 g/mol. The van der Waals surface area contributed by atoms with Crippen LogP contribution in [0.3, 0.4) is 0 Å². The predicted molar refractivity (Wildman–Crippen MR) is 58.3 cm³/mol. The summed E-state index contributed by atoms with van der Waals surface area (Å²) in [6.45, 7) is 1.71. The lowest BCUT2D eigenvalue weighted by molar-refractivity contribution is -0.274. The molecule has 7 heteroatoms. The van der Waals surface area contributed by atoms with E-state index in [9.17, 15) is 18.0 Å². The van der Waals surface area contributed by atoms with Crippen molar-refractivity contribution >= 4 is 17.3 Å². The summed E-state index contributed by atoms with van der Waals surface area (Å²) < 4.78 is 39.6. The molecule has 1 aromatic rings. The second-order valence-corrected chi connectivity index (χ2v) is 3.76. The molecule has 0 aromatic heterocycles. The number of carbonyl (C=O) groups is 1. The second kappa shape index (κ2) is 4.32. The Balaban J connectivity index is 2.16. The molecule has 0 unspecified atom stereocenters. The molecule has 4 nitrogen and oxygen atoms in total. The van der Waals surface area contributed by atoms with Gasteiger partial charge < -0.3 is 4.74 Å². The van der Waals surface area contributed by atoms with Gasteiger partial charge >= 0.3 is 6.36 Å².